The van der Waals surface area contributed by atoms with Gasteiger partial charge in [-0.2, -0.15) is 0 Å². The van der Waals surface area contributed by atoms with Gasteiger partial charge in [0, 0.05) is 5.69 Å². The Labute approximate surface area is 120 Å². The Bertz CT molecular complexity index is 609. The smallest absolute Gasteiger partial charge is 0.261 e. The molecule has 0 spiro atoms. The summed E-state index contributed by atoms with van der Waals surface area (Å²) in [5.41, 5.74) is -0.253. The third-order valence-corrected chi connectivity index (χ3v) is 2.66. The van der Waals surface area contributed by atoms with Gasteiger partial charge in [-0.1, -0.05) is 6.07 Å². The van der Waals surface area contributed by atoms with Crippen LogP contribution in [-0.2, 0) is 0 Å². The molecule has 2 N–H and O–H groups in total. The summed E-state index contributed by atoms with van der Waals surface area (Å²) in [4.78, 5) is 11.9. The summed E-state index contributed by atoms with van der Waals surface area (Å²) in [6.45, 7) is 0.0528. The lowest BCUT2D eigenvalue weighted by molar-refractivity contribution is 0.101. The number of amides is 1. The van der Waals surface area contributed by atoms with Crippen LogP contribution in [0, 0.1) is 11.6 Å². The largest absolute Gasteiger partial charge is 0.491 e. The molecule has 2 aromatic rings. The molecule has 0 saturated heterocycles. The maximum atomic E-state index is 13.5. The number of hydrogen-bond donors (Lipinski definition) is 2. The third kappa shape index (κ3) is 3.76. The molecular weight excluding hydrogens is 280 g/mol. The van der Waals surface area contributed by atoms with Crippen LogP contribution in [-0.4, -0.2) is 24.2 Å². The normalized spacial score (nSPS) is 10.2. The second-order valence-corrected chi connectivity index (χ2v) is 4.15. The van der Waals surface area contributed by atoms with Crippen LogP contribution in [0.15, 0.2) is 42.5 Å². The van der Waals surface area contributed by atoms with Gasteiger partial charge in [-0.3, -0.25) is 4.79 Å². The molecule has 6 heteroatoms. The average Bonchev–Trinajstić information content (AvgIpc) is 2.46. The van der Waals surface area contributed by atoms with Crippen LogP contribution in [0.1, 0.15) is 10.4 Å². The van der Waals surface area contributed by atoms with Crippen LogP contribution in [0.3, 0.4) is 0 Å². The van der Waals surface area contributed by atoms with Gasteiger partial charge in [-0.05, 0) is 36.4 Å². The van der Waals surface area contributed by atoms with Crippen molar-refractivity contribution in [2.45, 2.75) is 0 Å². The number of benzene rings is 2. The Balaban J connectivity index is 2.09. The number of halogens is 2. The summed E-state index contributed by atoms with van der Waals surface area (Å²) >= 11 is 0. The molecule has 4 nitrogen and oxygen atoms in total. The number of ether oxygens (including phenoxy) is 1. The lowest BCUT2D eigenvalue weighted by Crippen LogP contribution is -2.15. The van der Waals surface area contributed by atoms with E-state index in [1.807, 2.05) is 0 Å². The maximum Gasteiger partial charge on any atom is 0.261 e. The lowest BCUT2D eigenvalue weighted by Gasteiger charge is -2.08. The zero-order chi connectivity index (χ0) is 15.2. The number of anilines is 1. The van der Waals surface area contributed by atoms with Crippen molar-refractivity contribution in [3.05, 3.63) is 59.7 Å². The highest BCUT2D eigenvalue weighted by Gasteiger charge is 2.16. The van der Waals surface area contributed by atoms with E-state index >= 15 is 0 Å². The van der Waals surface area contributed by atoms with E-state index in [4.69, 9.17) is 9.84 Å². The molecule has 2 aromatic carbocycles. The molecule has 0 fully saturated rings. The van der Waals surface area contributed by atoms with Gasteiger partial charge < -0.3 is 15.2 Å². The van der Waals surface area contributed by atoms with Crippen LogP contribution in [0.25, 0.3) is 0 Å². The van der Waals surface area contributed by atoms with Gasteiger partial charge in [0.25, 0.3) is 5.91 Å². The van der Waals surface area contributed by atoms with Gasteiger partial charge in [0.05, 0.1) is 6.61 Å². The van der Waals surface area contributed by atoms with Crippen LogP contribution in [0.2, 0.25) is 0 Å². The Hall–Kier alpha value is -2.47. The van der Waals surface area contributed by atoms with Gasteiger partial charge in [0.15, 0.2) is 0 Å². The summed E-state index contributed by atoms with van der Waals surface area (Å²) in [7, 11) is 0. The molecule has 0 aromatic heterocycles. The predicted molar refractivity (Wildman–Crippen MR) is 73.3 cm³/mol. The first-order valence-electron chi connectivity index (χ1n) is 6.21. The van der Waals surface area contributed by atoms with Crippen LogP contribution >= 0.6 is 0 Å². The van der Waals surface area contributed by atoms with E-state index in [2.05, 4.69) is 5.32 Å². The number of aliphatic hydroxyl groups is 1. The van der Waals surface area contributed by atoms with E-state index in [0.29, 0.717) is 11.4 Å². The van der Waals surface area contributed by atoms with E-state index in [9.17, 15) is 13.6 Å². The zero-order valence-corrected chi connectivity index (χ0v) is 11.0. The van der Waals surface area contributed by atoms with Crippen molar-refractivity contribution in [3.63, 3.8) is 0 Å². The molecule has 0 heterocycles. The van der Waals surface area contributed by atoms with Crippen molar-refractivity contribution in [1.82, 2.24) is 0 Å². The monoisotopic (exact) mass is 293 g/mol. The Morgan fingerprint density at radius 2 is 1.71 bits per heavy atom. The molecular formula is C15H13F2NO3. The molecule has 0 atom stereocenters. The fourth-order valence-electron chi connectivity index (χ4n) is 1.71. The van der Waals surface area contributed by atoms with E-state index < -0.39 is 23.1 Å². The van der Waals surface area contributed by atoms with Gasteiger partial charge in [-0.25, -0.2) is 8.78 Å². The fourth-order valence-corrected chi connectivity index (χ4v) is 1.71. The number of aliphatic hydroxyl groups excluding tert-OH is 1. The Kier molecular flexibility index (Phi) is 4.84. The van der Waals surface area contributed by atoms with E-state index in [1.165, 1.54) is 18.2 Å². The number of carbonyl (C=O) groups is 1. The Morgan fingerprint density at radius 3 is 2.29 bits per heavy atom. The highest BCUT2D eigenvalue weighted by molar-refractivity contribution is 6.04. The minimum atomic E-state index is -0.921. The maximum absolute atomic E-state index is 13.5. The topological polar surface area (TPSA) is 58.6 Å². The highest BCUT2D eigenvalue weighted by atomic mass is 19.1. The molecule has 0 radical (unpaired) electrons. The second-order valence-electron chi connectivity index (χ2n) is 4.15. The minimum absolute atomic E-state index is 0.106. The molecule has 0 unspecified atom stereocenters. The average molecular weight is 293 g/mol. The summed E-state index contributed by atoms with van der Waals surface area (Å²) in [5, 5.41) is 11.0. The van der Waals surface area contributed by atoms with Gasteiger partial charge >= 0.3 is 0 Å². The molecule has 0 aliphatic heterocycles. The van der Waals surface area contributed by atoms with Crippen molar-refractivity contribution in [2.24, 2.45) is 0 Å². The summed E-state index contributed by atoms with van der Waals surface area (Å²) in [6, 6.07) is 9.43. The van der Waals surface area contributed by atoms with Crippen LogP contribution < -0.4 is 10.1 Å². The highest BCUT2D eigenvalue weighted by Crippen LogP contribution is 2.18. The van der Waals surface area contributed by atoms with E-state index in [-0.39, 0.29) is 13.2 Å². The molecule has 0 bridgehead atoms. The van der Waals surface area contributed by atoms with Crippen molar-refractivity contribution in [2.75, 3.05) is 18.5 Å². The van der Waals surface area contributed by atoms with E-state index in [1.54, 1.807) is 12.1 Å². The van der Waals surface area contributed by atoms with Crippen molar-refractivity contribution in [3.8, 4) is 5.75 Å². The van der Waals surface area contributed by atoms with Crippen molar-refractivity contribution >= 4 is 11.6 Å². The van der Waals surface area contributed by atoms with Gasteiger partial charge in [-0.15, -0.1) is 0 Å². The predicted octanol–water partition coefficient (Wildman–Crippen LogP) is 2.59. The number of carbonyl (C=O) groups excluding carboxylic acids is 1. The van der Waals surface area contributed by atoms with Crippen molar-refractivity contribution in [1.29, 1.82) is 0 Å². The SMILES string of the molecule is O=C(Nc1ccc(OCCO)cc1)c1c(F)cccc1F. The summed E-state index contributed by atoms with van der Waals surface area (Å²) in [5.74, 6) is -2.19. The fraction of sp³-hybridized carbons (Fsp3) is 0.133. The minimum Gasteiger partial charge on any atom is -0.491 e. The molecule has 0 aliphatic rings. The van der Waals surface area contributed by atoms with E-state index in [0.717, 1.165) is 12.1 Å². The number of rotatable bonds is 5. The Morgan fingerprint density at radius 1 is 1.10 bits per heavy atom. The molecule has 21 heavy (non-hydrogen) atoms. The number of nitrogens with one attached hydrogen (secondary N) is 1. The molecule has 2 rings (SSSR count). The molecule has 110 valence electrons. The van der Waals surface area contributed by atoms with Gasteiger partial charge in [0.1, 0.15) is 29.6 Å². The second kappa shape index (κ2) is 6.81. The first kappa shape index (κ1) is 14.9. The molecule has 0 aliphatic carbocycles. The quantitative estimate of drug-likeness (QED) is 0.891. The zero-order valence-electron chi connectivity index (χ0n) is 11.0. The molecule has 1 amide bonds. The summed E-state index contributed by atoms with van der Waals surface area (Å²) < 4.78 is 32.1. The first-order valence-corrected chi connectivity index (χ1v) is 6.21. The first-order chi connectivity index (χ1) is 10.1. The third-order valence-electron chi connectivity index (χ3n) is 2.66. The van der Waals surface area contributed by atoms with Crippen molar-refractivity contribution < 1.29 is 23.4 Å². The standard InChI is InChI=1S/C15H13F2NO3/c16-12-2-1-3-13(17)14(12)15(20)18-10-4-6-11(7-5-10)21-9-8-19/h1-7,19H,8-9H2,(H,18,20). The van der Waals surface area contributed by atoms with Crippen LogP contribution in [0.5, 0.6) is 5.75 Å². The molecule has 0 saturated carbocycles. The number of hydrogen-bond acceptors (Lipinski definition) is 3. The van der Waals surface area contributed by atoms with Gasteiger partial charge in [0.2, 0.25) is 0 Å². The van der Waals surface area contributed by atoms with Crippen LogP contribution in [0.4, 0.5) is 14.5 Å². The lowest BCUT2D eigenvalue weighted by atomic mass is 10.2. The summed E-state index contributed by atoms with van der Waals surface area (Å²) in [6.07, 6.45) is 0.